The van der Waals surface area contributed by atoms with Crippen LogP contribution in [0.2, 0.25) is 0 Å². The molecular weight excluding hydrogens is 367 g/mol. The predicted octanol–water partition coefficient (Wildman–Crippen LogP) is 3.20. The van der Waals surface area contributed by atoms with Gasteiger partial charge >= 0.3 is 0 Å². The molecule has 0 unspecified atom stereocenters. The Labute approximate surface area is 167 Å². The first-order valence-electron chi connectivity index (χ1n) is 9.28. The van der Waals surface area contributed by atoms with Crippen LogP contribution >= 0.6 is 11.3 Å². The summed E-state index contributed by atoms with van der Waals surface area (Å²) in [6, 6.07) is 12.3. The van der Waals surface area contributed by atoms with Crippen LogP contribution < -0.4 is 21.5 Å². The third-order valence-corrected chi connectivity index (χ3v) is 6.86. The summed E-state index contributed by atoms with van der Waals surface area (Å²) >= 11 is 1.43. The maximum absolute atomic E-state index is 12.5. The quantitative estimate of drug-likeness (QED) is 0.530. The van der Waals surface area contributed by atoms with Gasteiger partial charge in [0, 0.05) is 33.8 Å². The van der Waals surface area contributed by atoms with Gasteiger partial charge in [0.2, 0.25) is 0 Å². The summed E-state index contributed by atoms with van der Waals surface area (Å²) in [6.07, 6.45) is 2.29. The number of pyridine rings is 1. The van der Waals surface area contributed by atoms with Crippen molar-refractivity contribution in [3.05, 3.63) is 57.7 Å². The van der Waals surface area contributed by atoms with Crippen LogP contribution in [0.3, 0.4) is 0 Å². The average Bonchev–Trinajstić information content (AvgIpc) is 3.36. The molecule has 4 nitrogen and oxygen atoms in total. The van der Waals surface area contributed by atoms with E-state index in [-0.39, 0.29) is 11.0 Å². The molecule has 4 aromatic rings. The highest BCUT2D eigenvalue weighted by atomic mass is 32.1. The van der Waals surface area contributed by atoms with Gasteiger partial charge < -0.3 is 15.5 Å². The second-order valence-electron chi connectivity index (χ2n) is 7.47. The van der Waals surface area contributed by atoms with Crippen LogP contribution in [0.25, 0.3) is 32.1 Å². The van der Waals surface area contributed by atoms with Crippen molar-refractivity contribution in [3.8, 4) is 16.9 Å². The molecule has 1 fully saturated rings. The maximum Gasteiger partial charge on any atom is 0.266 e. The molecule has 5 rings (SSSR count). The molecule has 0 atom stereocenters. The lowest BCUT2D eigenvalue weighted by Gasteiger charge is -2.17. The molecule has 0 aliphatic heterocycles. The number of methoxy groups -OCH3 is 1. The Balaban J connectivity index is 1.82. The maximum atomic E-state index is 12.5. The predicted molar refractivity (Wildman–Crippen MR) is 117 cm³/mol. The lowest BCUT2D eigenvalue weighted by Crippen LogP contribution is -2.19. The number of hydrogen-bond acceptors (Lipinski definition) is 4. The fourth-order valence-corrected chi connectivity index (χ4v) is 4.93. The molecule has 2 heterocycles. The monoisotopic (exact) mass is 386 g/mol. The molecule has 138 valence electrons. The van der Waals surface area contributed by atoms with Crippen LogP contribution in [0.4, 0.5) is 0 Å². The van der Waals surface area contributed by atoms with Crippen molar-refractivity contribution in [3.63, 3.8) is 0 Å². The number of benzene rings is 2. The standard InChI is InChI=1S/C22H19BN2O2S/c1-27-16-10-15(23)19-18(14-6-9-28-20(14)21(26)25-19)17(16)12-2-4-13(5-3-12)22(11-24)7-8-22/h2-6,9-10H,7-8,11,24H2,1H3,(H,25,26). The van der Waals surface area contributed by atoms with E-state index in [9.17, 15) is 4.79 Å². The zero-order valence-electron chi connectivity index (χ0n) is 15.5. The van der Waals surface area contributed by atoms with E-state index in [1.807, 2.05) is 11.4 Å². The fourth-order valence-electron chi connectivity index (χ4n) is 4.13. The van der Waals surface area contributed by atoms with Crippen molar-refractivity contribution in [1.29, 1.82) is 0 Å². The minimum atomic E-state index is -0.116. The smallest absolute Gasteiger partial charge is 0.266 e. The number of H-pyrrole nitrogens is 1. The first-order chi connectivity index (χ1) is 13.6. The van der Waals surface area contributed by atoms with Gasteiger partial charge in [-0.2, -0.15) is 0 Å². The van der Waals surface area contributed by atoms with E-state index in [0.29, 0.717) is 28.0 Å². The van der Waals surface area contributed by atoms with Crippen molar-refractivity contribution >= 4 is 45.6 Å². The van der Waals surface area contributed by atoms with Crippen LogP contribution in [0.5, 0.6) is 5.75 Å². The molecule has 1 aliphatic carbocycles. The van der Waals surface area contributed by atoms with Crippen molar-refractivity contribution in [2.75, 3.05) is 13.7 Å². The fraction of sp³-hybridized carbons (Fsp3) is 0.227. The molecule has 0 amide bonds. The van der Waals surface area contributed by atoms with E-state index in [0.717, 1.165) is 34.7 Å². The van der Waals surface area contributed by atoms with Gasteiger partial charge in [-0.3, -0.25) is 4.79 Å². The number of rotatable bonds is 4. The SMILES string of the molecule is [B]c1cc(OC)c(-c2ccc(C3(CN)CC3)cc2)c2c1[nH]c(=O)c1sccc12. The molecular formula is C22H19BN2O2S. The number of hydrogen-bond donors (Lipinski definition) is 2. The largest absolute Gasteiger partial charge is 0.496 e. The normalized spacial score (nSPS) is 15.2. The Bertz CT molecular complexity index is 1270. The third kappa shape index (κ3) is 2.45. The van der Waals surface area contributed by atoms with Gasteiger partial charge in [0.1, 0.15) is 18.3 Å². The minimum Gasteiger partial charge on any atom is -0.496 e. The molecule has 1 aliphatic rings. The van der Waals surface area contributed by atoms with E-state index < -0.39 is 0 Å². The van der Waals surface area contributed by atoms with Crippen molar-refractivity contribution in [2.24, 2.45) is 5.73 Å². The summed E-state index contributed by atoms with van der Waals surface area (Å²) in [7, 11) is 7.90. The number of aromatic amines is 1. The summed E-state index contributed by atoms with van der Waals surface area (Å²) in [5, 5.41) is 3.74. The first-order valence-corrected chi connectivity index (χ1v) is 10.2. The minimum absolute atomic E-state index is 0.116. The molecule has 0 spiro atoms. The van der Waals surface area contributed by atoms with Gasteiger partial charge in [0.05, 0.1) is 7.11 Å². The molecule has 6 heteroatoms. The van der Waals surface area contributed by atoms with E-state index in [1.54, 1.807) is 13.2 Å². The van der Waals surface area contributed by atoms with E-state index >= 15 is 0 Å². The molecule has 0 bridgehead atoms. The highest BCUT2D eigenvalue weighted by molar-refractivity contribution is 7.17. The number of nitrogens with one attached hydrogen (secondary N) is 1. The van der Waals surface area contributed by atoms with E-state index in [2.05, 4.69) is 29.2 Å². The van der Waals surface area contributed by atoms with Gasteiger partial charge in [-0.1, -0.05) is 29.7 Å². The average molecular weight is 386 g/mol. The molecule has 1 saturated carbocycles. The van der Waals surface area contributed by atoms with Crippen molar-refractivity contribution in [1.82, 2.24) is 4.98 Å². The third-order valence-electron chi connectivity index (χ3n) is 5.95. The number of thiophene rings is 1. The van der Waals surface area contributed by atoms with E-state index in [4.69, 9.17) is 18.3 Å². The van der Waals surface area contributed by atoms with Crippen LogP contribution in [-0.2, 0) is 5.41 Å². The molecule has 2 aromatic carbocycles. The van der Waals surface area contributed by atoms with Crippen molar-refractivity contribution < 1.29 is 4.74 Å². The van der Waals surface area contributed by atoms with Crippen LogP contribution in [0.15, 0.2) is 46.6 Å². The van der Waals surface area contributed by atoms with Gasteiger partial charge in [-0.05, 0) is 41.5 Å². The van der Waals surface area contributed by atoms with E-state index in [1.165, 1.54) is 16.9 Å². The second-order valence-corrected chi connectivity index (χ2v) is 8.39. The summed E-state index contributed by atoms with van der Waals surface area (Å²) in [6.45, 7) is 0.678. The summed E-state index contributed by atoms with van der Waals surface area (Å²) in [5.41, 5.74) is 10.4. The summed E-state index contributed by atoms with van der Waals surface area (Å²) in [5.74, 6) is 0.692. The van der Waals surface area contributed by atoms with Gasteiger partial charge in [-0.25, -0.2) is 0 Å². The molecule has 2 aromatic heterocycles. The zero-order valence-corrected chi connectivity index (χ0v) is 16.4. The Morgan fingerprint density at radius 2 is 2.00 bits per heavy atom. The Morgan fingerprint density at radius 1 is 1.25 bits per heavy atom. The Hall–Kier alpha value is -2.57. The van der Waals surface area contributed by atoms with Crippen molar-refractivity contribution in [2.45, 2.75) is 18.3 Å². The Kier molecular flexibility index (Phi) is 3.90. The lowest BCUT2D eigenvalue weighted by molar-refractivity contribution is 0.417. The zero-order chi connectivity index (χ0) is 19.5. The van der Waals surface area contributed by atoms with Gasteiger partial charge in [0.15, 0.2) is 0 Å². The van der Waals surface area contributed by atoms with Gasteiger partial charge in [0.25, 0.3) is 5.56 Å². The number of ether oxygens (including phenoxy) is 1. The van der Waals surface area contributed by atoms with Crippen LogP contribution in [0, 0.1) is 0 Å². The first kappa shape index (κ1) is 17.5. The second kappa shape index (κ2) is 6.22. The summed E-state index contributed by atoms with van der Waals surface area (Å²) < 4.78 is 6.38. The Morgan fingerprint density at radius 3 is 2.64 bits per heavy atom. The van der Waals surface area contributed by atoms with Gasteiger partial charge in [-0.15, -0.1) is 11.3 Å². The van der Waals surface area contributed by atoms with Crippen LogP contribution in [-0.4, -0.2) is 26.5 Å². The highest BCUT2D eigenvalue weighted by Crippen LogP contribution is 2.48. The molecule has 28 heavy (non-hydrogen) atoms. The number of nitrogens with two attached hydrogens (primary N) is 1. The molecule has 2 radical (unpaired) electrons. The highest BCUT2D eigenvalue weighted by Gasteiger charge is 2.42. The number of aromatic nitrogens is 1. The molecule has 0 saturated heterocycles. The lowest BCUT2D eigenvalue weighted by atomic mass is 9.86. The van der Waals surface area contributed by atoms with Crippen LogP contribution in [0.1, 0.15) is 18.4 Å². The summed E-state index contributed by atoms with van der Waals surface area (Å²) in [4.78, 5) is 15.4. The number of fused-ring (bicyclic) bond motifs is 3. The molecule has 3 N–H and O–H groups in total. The topological polar surface area (TPSA) is 68.1 Å².